The number of carbonyl (C=O) groups is 1. The predicted octanol–water partition coefficient (Wildman–Crippen LogP) is 5.64. The van der Waals surface area contributed by atoms with E-state index in [4.69, 9.17) is 18.0 Å². The Morgan fingerprint density at radius 2 is 1.70 bits per heavy atom. The summed E-state index contributed by atoms with van der Waals surface area (Å²) in [4.78, 5) is 26.0. The van der Waals surface area contributed by atoms with Gasteiger partial charge >= 0.3 is 5.97 Å². The monoisotopic (exact) mass is 400 g/mol. The molecule has 0 atom stereocenters. The van der Waals surface area contributed by atoms with Gasteiger partial charge in [0.05, 0.1) is 11.6 Å². The van der Waals surface area contributed by atoms with Crippen LogP contribution in [0.5, 0.6) is 5.75 Å². The van der Waals surface area contributed by atoms with Gasteiger partial charge in [-0.15, -0.1) is 0 Å². The van der Waals surface area contributed by atoms with Crippen LogP contribution in [0, 0.1) is 13.8 Å². The van der Waals surface area contributed by atoms with Gasteiger partial charge in [-0.05, 0) is 61.4 Å². The fourth-order valence-corrected chi connectivity index (χ4v) is 3.32. The van der Waals surface area contributed by atoms with Crippen molar-refractivity contribution in [1.29, 1.82) is 0 Å². The van der Waals surface area contributed by atoms with E-state index in [1.54, 1.807) is 42.5 Å². The maximum absolute atomic E-state index is 13.2. The van der Waals surface area contributed by atoms with Crippen molar-refractivity contribution in [3.05, 3.63) is 88.0 Å². The summed E-state index contributed by atoms with van der Waals surface area (Å²) >= 11 is 0. The molecule has 0 unspecified atom stereocenters. The van der Waals surface area contributed by atoms with Gasteiger partial charge in [-0.1, -0.05) is 18.2 Å². The number of rotatable bonds is 3. The largest absolute Gasteiger partial charge is 0.461 e. The van der Waals surface area contributed by atoms with Crippen LogP contribution in [0.2, 0.25) is 0 Å². The number of benzene rings is 2. The number of para-hydroxylation sites is 1. The van der Waals surface area contributed by atoms with Crippen LogP contribution in [0.1, 0.15) is 21.7 Å². The number of esters is 1. The van der Waals surface area contributed by atoms with Gasteiger partial charge in [-0.2, -0.15) is 0 Å². The molecule has 6 nitrogen and oxygen atoms in total. The highest BCUT2D eigenvalue weighted by Gasteiger charge is 2.24. The summed E-state index contributed by atoms with van der Waals surface area (Å²) in [6.07, 6.45) is 1.45. The first-order valence-electron chi connectivity index (χ1n) is 9.34. The first kappa shape index (κ1) is 18.0. The third kappa shape index (κ3) is 2.90. The highest BCUT2D eigenvalue weighted by molar-refractivity contribution is 5.95. The number of ether oxygens (including phenoxy) is 1. The van der Waals surface area contributed by atoms with Crippen LogP contribution in [0.15, 0.2) is 78.9 Å². The fourth-order valence-electron chi connectivity index (χ4n) is 3.32. The van der Waals surface area contributed by atoms with E-state index in [1.165, 1.54) is 6.26 Å². The normalized spacial score (nSPS) is 11.3. The molecular weight excluding hydrogens is 384 g/mol. The average Bonchev–Trinajstić information content (AvgIpc) is 3.41. The van der Waals surface area contributed by atoms with Gasteiger partial charge in [0.25, 0.3) is 0 Å². The number of fused-ring (bicyclic) bond motifs is 2. The number of aryl methyl sites for hydroxylation is 2. The van der Waals surface area contributed by atoms with E-state index in [0.717, 1.165) is 16.5 Å². The maximum Gasteiger partial charge on any atom is 0.379 e. The van der Waals surface area contributed by atoms with Gasteiger partial charge in [0.2, 0.25) is 22.7 Å². The van der Waals surface area contributed by atoms with Gasteiger partial charge in [0.1, 0.15) is 11.2 Å². The lowest BCUT2D eigenvalue weighted by atomic mass is 10.1. The zero-order chi connectivity index (χ0) is 20.8. The predicted molar refractivity (Wildman–Crippen MR) is 111 cm³/mol. The van der Waals surface area contributed by atoms with Crippen LogP contribution < -0.4 is 10.2 Å². The molecule has 0 radical (unpaired) electrons. The summed E-state index contributed by atoms with van der Waals surface area (Å²) < 4.78 is 22.4. The van der Waals surface area contributed by atoms with Gasteiger partial charge in [-0.3, -0.25) is 4.79 Å². The first-order valence-corrected chi connectivity index (χ1v) is 9.34. The van der Waals surface area contributed by atoms with E-state index < -0.39 is 11.4 Å². The number of hydrogen-bond acceptors (Lipinski definition) is 6. The van der Waals surface area contributed by atoms with Crippen molar-refractivity contribution < 1.29 is 22.8 Å². The van der Waals surface area contributed by atoms with Gasteiger partial charge in [-0.25, -0.2) is 4.79 Å². The SMILES string of the molecule is Cc1cc2oc(-c3ccco3)c(OC(=O)c3cc4ccccc4o3)c(=O)c2cc1C. The van der Waals surface area contributed by atoms with Crippen LogP contribution >= 0.6 is 0 Å². The van der Waals surface area contributed by atoms with Crippen molar-refractivity contribution in [3.8, 4) is 17.3 Å². The summed E-state index contributed by atoms with van der Waals surface area (Å²) in [5.74, 6) is -0.730. The standard InChI is InChI=1S/C24H16O6/c1-13-10-16-19(11-14(13)2)29-22(18-8-5-9-27-18)23(21(16)25)30-24(26)20-12-15-6-3-4-7-17(15)28-20/h3-12H,1-2H3. The van der Waals surface area contributed by atoms with Crippen molar-refractivity contribution in [1.82, 2.24) is 0 Å². The van der Waals surface area contributed by atoms with E-state index in [2.05, 4.69) is 0 Å². The minimum atomic E-state index is -0.797. The Morgan fingerprint density at radius 1 is 0.900 bits per heavy atom. The summed E-state index contributed by atoms with van der Waals surface area (Å²) in [7, 11) is 0. The summed E-state index contributed by atoms with van der Waals surface area (Å²) in [6, 6.07) is 15.6. The molecule has 0 spiro atoms. The fraction of sp³-hybridized carbons (Fsp3) is 0.0833. The maximum atomic E-state index is 13.2. The second-order valence-corrected chi connectivity index (χ2v) is 7.04. The van der Waals surface area contributed by atoms with E-state index in [9.17, 15) is 9.59 Å². The van der Waals surface area contributed by atoms with Crippen LogP contribution in [-0.2, 0) is 0 Å². The molecule has 30 heavy (non-hydrogen) atoms. The molecule has 2 aromatic carbocycles. The van der Waals surface area contributed by atoms with Gasteiger partial charge in [0, 0.05) is 5.39 Å². The lowest BCUT2D eigenvalue weighted by Crippen LogP contribution is -2.16. The van der Waals surface area contributed by atoms with Gasteiger partial charge < -0.3 is 18.0 Å². The third-order valence-electron chi connectivity index (χ3n) is 5.03. The highest BCUT2D eigenvalue weighted by atomic mass is 16.6. The summed E-state index contributed by atoms with van der Waals surface area (Å²) in [6.45, 7) is 3.82. The Bertz CT molecular complexity index is 1430. The average molecular weight is 400 g/mol. The van der Waals surface area contributed by atoms with E-state index >= 15 is 0 Å². The molecule has 6 heteroatoms. The lowest BCUT2D eigenvalue weighted by molar-refractivity contribution is 0.0700. The minimum Gasteiger partial charge on any atom is -0.461 e. The zero-order valence-corrected chi connectivity index (χ0v) is 16.2. The van der Waals surface area contributed by atoms with E-state index in [-0.39, 0.29) is 23.0 Å². The van der Waals surface area contributed by atoms with Crippen LogP contribution in [0.4, 0.5) is 0 Å². The van der Waals surface area contributed by atoms with E-state index in [0.29, 0.717) is 16.6 Å². The molecule has 3 heterocycles. The Kier molecular flexibility index (Phi) is 4.06. The van der Waals surface area contributed by atoms with Crippen LogP contribution in [0.25, 0.3) is 33.5 Å². The Hall–Kier alpha value is -4.06. The minimum absolute atomic E-state index is 0.0128. The van der Waals surface area contributed by atoms with Crippen LogP contribution in [0.3, 0.4) is 0 Å². The molecule has 0 aliphatic heterocycles. The first-order chi connectivity index (χ1) is 14.5. The molecule has 0 fully saturated rings. The third-order valence-corrected chi connectivity index (χ3v) is 5.03. The van der Waals surface area contributed by atoms with Crippen LogP contribution in [-0.4, -0.2) is 5.97 Å². The smallest absolute Gasteiger partial charge is 0.379 e. The Labute approximate surface area is 170 Å². The molecular formula is C24H16O6. The molecule has 0 aliphatic rings. The Balaban J connectivity index is 1.67. The van der Waals surface area contributed by atoms with Crippen molar-refractivity contribution >= 4 is 27.9 Å². The summed E-state index contributed by atoms with van der Waals surface area (Å²) in [5.41, 5.74) is 2.37. The second kappa shape index (κ2) is 6.77. The van der Waals surface area contributed by atoms with Gasteiger partial charge in [0.15, 0.2) is 5.76 Å². The molecule has 0 aliphatic carbocycles. The molecule has 0 bridgehead atoms. The quantitative estimate of drug-likeness (QED) is 0.365. The lowest BCUT2D eigenvalue weighted by Gasteiger charge is -2.09. The molecule has 0 N–H and O–H groups in total. The van der Waals surface area contributed by atoms with Crippen molar-refractivity contribution in [2.24, 2.45) is 0 Å². The number of furan rings is 2. The molecule has 5 aromatic rings. The molecule has 0 saturated heterocycles. The Morgan fingerprint density at radius 3 is 2.47 bits per heavy atom. The molecule has 0 saturated carbocycles. The summed E-state index contributed by atoms with van der Waals surface area (Å²) in [5, 5.41) is 1.08. The number of hydrogen-bond donors (Lipinski definition) is 0. The second-order valence-electron chi connectivity index (χ2n) is 7.04. The number of carbonyl (C=O) groups excluding carboxylic acids is 1. The van der Waals surface area contributed by atoms with E-state index in [1.807, 2.05) is 26.0 Å². The molecule has 0 amide bonds. The zero-order valence-electron chi connectivity index (χ0n) is 16.2. The van der Waals surface area contributed by atoms with Crippen molar-refractivity contribution in [2.75, 3.05) is 0 Å². The van der Waals surface area contributed by atoms with Crippen molar-refractivity contribution in [3.63, 3.8) is 0 Å². The molecule has 148 valence electrons. The molecule has 5 rings (SSSR count). The molecule has 3 aromatic heterocycles. The highest BCUT2D eigenvalue weighted by Crippen LogP contribution is 2.33. The topological polar surface area (TPSA) is 82.8 Å². The van der Waals surface area contributed by atoms with Crippen molar-refractivity contribution in [2.45, 2.75) is 13.8 Å².